The molecule has 1 aromatic carbocycles. The summed E-state index contributed by atoms with van der Waals surface area (Å²) in [6.45, 7) is 7.34. The molecule has 0 radical (unpaired) electrons. The Kier molecular flexibility index (Phi) is 7.69. The number of guanidine groups is 1. The van der Waals surface area contributed by atoms with Gasteiger partial charge in [0.25, 0.3) is 0 Å². The molecule has 0 spiro atoms. The van der Waals surface area contributed by atoms with Gasteiger partial charge in [0.2, 0.25) is 0 Å². The highest BCUT2D eigenvalue weighted by Gasteiger charge is 2.20. The number of aryl methyl sites for hydroxylation is 1. The molecule has 0 saturated carbocycles. The van der Waals surface area contributed by atoms with Gasteiger partial charge in [-0.3, -0.25) is 9.89 Å². The molecule has 0 bridgehead atoms. The van der Waals surface area contributed by atoms with E-state index in [9.17, 15) is 4.39 Å². The van der Waals surface area contributed by atoms with Crippen molar-refractivity contribution in [2.45, 2.75) is 32.9 Å². The Morgan fingerprint density at radius 1 is 1.21 bits per heavy atom. The molecule has 1 saturated heterocycles. The van der Waals surface area contributed by atoms with E-state index in [2.05, 4.69) is 59.0 Å². The summed E-state index contributed by atoms with van der Waals surface area (Å²) in [5.74, 6) is 1.45. The molecule has 0 aliphatic carbocycles. The van der Waals surface area contributed by atoms with Crippen LogP contribution in [0.5, 0.6) is 0 Å². The molecule has 6 heteroatoms. The number of hydrogen-bond acceptors (Lipinski definition) is 2. The van der Waals surface area contributed by atoms with Gasteiger partial charge in [0.1, 0.15) is 5.82 Å². The largest absolute Gasteiger partial charge is 0.357 e. The average molecular weight is 400 g/mol. The van der Waals surface area contributed by atoms with E-state index in [4.69, 9.17) is 4.99 Å². The monoisotopic (exact) mass is 399 g/mol. The fourth-order valence-corrected chi connectivity index (χ4v) is 3.86. The van der Waals surface area contributed by atoms with E-state index in [1.54, 1.807) is 12.1 Å². The molecule has 1 aromatic heterocycles. The first-order chi connectivity index (χ1) is 14.1. The molecule has 1 aliphatic heterocycles. The first kappa shape index (κ1) is 21.4. The number of aromatic nitrogens is 1. The molecule has 2 aromatic rings. The second kappa shape index (κ2) is 10.4. The highest BCUT2D eigenvalue weighted by atomic mass is 19.1. The molecule has 29 heavy (non-hydrogen) atoms. The van der Waals surface area contributed by atoms with Crippen LogP contribution in [0.3, 0.4) is 0 Å². The minimum atomic E-state index is -0.101. The number of likely N-dealkylation sites (tertiary alicyclic amines) is 1. The van der Waals surface area contributed by atoms with E-state index in [1.165, 1.54) is 5.69 Å². The number of aliphatic imine (C=N–C) groups is 1. The number of piperidine rings is 1. The zero-order valence-corrected chi connectivity index (χ0v) is 17.9. The molecular weight excluding hydrogens is 365 g/mol. The Hall–Kier alpha value is -2.34. The van der Waals surface area contributed by atoms with Crippen LogP contribution < -0.4 is 5.32 Å². The lowest BCUT2D eigenvalue weighted by Gasteiger charge is -2.31. The van der Waals surface area contributed by atoms with Crippen molar-refractivity contribution < 1.29 is 4.39 Å². The van der Waals surface area contributed by atoms with Crippen LogP contribution in [0.4, 0.5) is 4.39 Å². The van der Waals surface area contributed by atoms with Crippen LogP contribution in [0.25, 0.3) is 0 Å². The van der Waals surface area contributed by atoms with Crippen LogP contribution in [0.15, 0.2) is 47.6 Å². The predicted octanol–water partition coefficient (Wildman–Crippen LogP) is 3.47. The van der Waals surface area contributed by atoms with Gasteiger partial charge in [-0.15, -0.1) is 0 Å². The zero-order chi connectivity index (χ0) is 20.6. The summed E-state index contributed by atoms with van der Waals surface area (Å²) in [5.41, 5.74) is 2.06. The van der Waals surface area contributed by atoms with Crippen molar-refractivity contribution in [3.05, 3.63) is 59.7 Å². The summed E-state index contributed by atoms with van der Waals surface area (Å²) in [4.78, 5) is 9.45. The Morgan fingerprint density at radius 2 is 1.97 bits per heavy atom. The third-order valence-corrected chi connectivity index (χ3v) is 5.71. The fourth-order valence-electron chi connectivity index (χ4n) is 3.86. The van der Waals surface area contributed by atoms with Crippen LogP contribution in [-0.4, -0.2) is 53.6 Å². The summed E-state index contributed by atoms with van der Waals surface area (Å²) in [5, 5.41) is 3.42. The second-order valence-corrected chi connectivity index (χ2v) is 7.97. The summed E-state index contributed by atoms with van der Waals surface area (Å²) in [6, 6.07) is 11.3. The van der Waals surface area contributed by atoms with Gasteiger partial charge in [-0.05, 0) is 57.0 Å². The van der Waals surface area contributed by atoms with Crippen molar-refractivity contribution in [1.29, 1.82) is 0 Å². The number of halogens is 1. The number of benzene rings is 1. The lowest BCUT2D eigenvalue weighted by Crippen LogP contribution is -2.40. The van der Waals surface area contributed by atoms with Gasteiger partial charge in [-0.25, -0.2) is 4.39 Å². The zero-order valence-electron chi connectivity index (χ0n) is 17.9. The summed E-state index contributed by atoms with van der Waals surface area (Å²) >= 11 is 0. The first-order valence-corrected chi connectivity index (χ1v) is 10.6. The van der Waals surface area contributed by atoms with Gasteiger partial charge in [-0.2, -0.15) is 0 Å². The van der Waals surface area contributed by atoms with Crippen LogP contribution in [0, 0.1) is 11.7 Å². The molecule has 5 nitrogen and oxygen atoms in total. The Bertz CT molecular complexity index is 792. The van der Waals surface area contributed by atoms with E-state index < -0.39 is 0 Å². The first-order valence-electron chi connectivity index (χ1n) is 10.6. The van der Waals surface area contributed by atoms with E-state index in [0.717, 1.165) is 57.1 Å². The standard InChI is InChI=1S/C23H34FN5/c1-4-25-23(28(3)18-21-9-7-13-27(21)2)26-16-19-11-14-29(15-12-19)17-20-8-5-6-10-22(20)24/h5-10,13,19H,4,11-12,14-18H2,1-3H3,(H,25,26). The average Bonchev–Trinajstić information content (AvgIpc) is 3.12. The molecule has 0 amide bonds. The predicted molar refractivity (Wildman–Crippen MR) is 117 cm³/mol. The van der Waals surface area contributed by atoms with Gasteiger partial charge in [0.05, 0.1) is 6.54 Å². The van der Waals surface area contributed by atoms with Crippen molar-refractivity contribution in [2.24, 2.45) is 18.0 Å². The van der Waals surface area contributed by atoms with E-state index in [0.29, 0.717) is 12.5 Å². The maximum Gasteiger partial charge on any atom is 0.194 e. The number of hydrogen-bond donors (Lipinski definition) is 1. The molecule has 1 aliphatic rings. The number of rotatable bonds is 7. The Balaban J connectivity index is 1.50. The highest BCUT2D eigenvalue weighted by molar-refractivity contribution is 5.79. The molecule has 1 fully saturated rings. The number of nitrogens with zero attached hydrogens (tertiary/aromatic N) is 4. The summed E-state index contributed by atoms with van der Waals surface area (Å²) in [6.07, 6.45) is 4.29. The van der Waals surface area contributed by atoms with Crippen molar-refractivity contribution in [2.75, 3.05) is 33.2 Å². The molecule has 0 unspecified atom stereocenters. The lowest BCUT2D eigenvalue weighted by molar-refractivity contribution is 0.178. The highest BCUT2D eigenvalue weighted by Crippen LogP contribution is 2.20. The third-order valence-electron chi connectivity index (χ3n) is 5.71. The minimum absolute atomic E-state index is 0.101. The van der Waals surface area contributed by atoms with Crippen molar-refractivity contribution in [3.63, 3.8) is 0 Å². The molecule has 158 valence electrons. The minimum Gasteiger partial charge on any atom is -0.357 e. The Labute approximate surface area is 174 Å². The van der Waals surface area contributed by atoms with Gasteiger partial charge < -0.3 is 14.8 Å². The van der Waals surface area contributed by atoms with Crippen LogP contribution >= 0.6 is 0 Å². The lowest BCUT2D eigenvalue weighted by atomic mass is 9.96. The Morgan fingerprint density at radius 3 is 2.62 bits per heavy atom. The van der Waals surface area contributed by atoms with E-state index in [1.807, 2.05) is 12.1 Å². The summed E-state index contributed by atoms with van der Waals surface area (Å²) in [7, 11) is 4.16. The SMILES string of the molecule is CCNC(=NCC1CCN(Cc2ccccc2F)CC1)N(C)Cc1cccn1C. The molecule has 2 heterocycles. The van der Waals surface area contributed by atoms with Gasteiger partial charge in [0, 0.05) is 51.2 Å². The van der Waals surface area contributed by atoms with Crippen LogP contribution in [-0.2, 0) is 20.1 Å². The van der Waals surface area contributed by atoms with E-state index >= 15 is 0 Å². The van der Waals surface area contributed by atoms with Crippen molar-refractivity contribution in [3.8, 4) is 0 Å². The molecular formula is C23H34FN5. The molecule has 1 N–H and O–H groups in total. The van der Waals surface area contributed by atoms with E-state index in [-0.39, 0.29) is 5.82 Å². The fraction of sp³-hybridized carbons (Fsp3) is 0.522. The molecule has 0 atom stereocenters. The topological polar surface area (TPSA) is 35.8 Å². The van der Waals surface area contributed by atoms with Crippen LogP contribution in [0.2, 0.25) is 0 Å². The van der Waals surface area contributed by atoms with Gasteiger partial charge in [-0.1, -0.05) is 18.2 Å². The summed E-state index contributed by atoms with van der Waals surface area (Å²) < 4.78 is 16.0. The smallest absolute Gasteiger partial charge is 0.194 e. The quantitative estimate of drug-likeness (QED) is 0.572. The third kappa shape index (κ3) is 6.07. The second-order valence-electron chi connectivity index (χ2n) is 7.97. The van der Waals surface area contributed by atoms with Gasteiger partial charge >= 0.3 is 0 Å². The van der Waals surface area contributed by atoms with Crippen LogP contribution in [0.1, 0.15) is 31.0 Å². The maximum absolute atomic E-state index is 13.9. The van der Waals surface area contributed by atoms with Crippen molar-refractivity contribution in [1.82, 2.24) is 19.7 Å². The van der Waals surface area contributed by atoms with Crippen molar-refractivity contribution >= 4 is 5.96 Å². The maximum atomic E-state index is 13.9. The van der Waals surface area contributed by atoms with Gasteiger partial charge in [0.15, 0.2) is 5.96 Å². The molecule has 3 rings (SSSR count). The normalized spacial score (nSPS) is 16.2. The number of nitrogens with one attached hydrogen (secondary N) is 1.